The highest BCUT2D eigenvalue weighted by molar-refractivity contribution is 6.31. The van der Waals surface area contributed by atoms with E-state index < -0.39 is 0 Å². The molecule has 2 aromatic carbocycles. The van der Waals surface area contributed by atoms with Crippen molar-refractivity contribution in [2.45, 2.75) is 0 Å². The van der Waals surface area contributed by atoms with E-state index in [9.17, 15) is 0 Å². The summed E-state index contributed by atoms with van der Waals surface area (Å²) in [6.45, 7) is 0. The summed E-state index contributed by atoms with van der Waals surface area (Å²) in [5, 5.41) is 10.3. The van der Waals surface area contributed by atoms with Crippen LogP contribution in [0.25, 0.3) is 33.2 Å². The Bertz CT molecular complexity index is 856. The molecule has 0 radical (unpaired) electrons. The minimum absolute atomic E-state index is 0.714. The number of H-pyrrole nitrogens is 2. The largest absolute Gasteiger partial charge is 0.353 e. The lowest BCUT2D eigenvalue weighted by Crippen LogP contribution is -1.77. The number of rotatable bonds is 1. The van der Waals surface area contributed by atoms with Crippen LogP contribution in [0.5, 0.6) is 0 Å². The molecule has 0 atom stereocenters. The molecule has 19 heavy (non-hydrogen) atoms. The van der Waals surface area contributed by atoms with Crippen LogP contribution in [0, 0.1) is 0 Å². The van der Waals surface area contributed by atoms with Gasteiger partial charge in [0.2, 0.25) is 0 Å². The van der Waals surface area contributed by atoms with Gasteiger partial charge in [0.25, 0.3) is 0 Å². The standard InChI is InChI=1S/C15H10ClN3/c16-10-5-6-13-11(8-10)15(19-18-13)14-7-9-3-1-2-4-12(9)17-14/h1-8,17H,(H,18,19). The maximum atomic E-state index is 6.06. The number of aromatic amines is 2. The van der Waals surface area contributed by atoms with E-state index in [1.165, 1.54) is 5.39 Å². The highest BCUT2D eigenvalue weighted by Crippen LogP contribution is 2.29. The van der Waals surface area contributed by atoms with Crippen molar-refractivity contribution in [2.24, 2.45) is 0 Å². The maximum absolute atomic E-state index is 6.06. The fourth-order valence-electron chi connectivity index (χ4n) is 2.39. The zero-order valence-corrected chi connectivity index (χ0v) is 10.7. The zero-order chi connectivity index (χ0) is 12.8. The Hall–Kier alpha value is -2.26. The average molecular weight is 268 g/mol. The molecule has 0 bridgehead atoms. The third-order valence-electron chi connectivity index (χ3n) is 3.31. The van der Waals surface area contributed by atoms with Gasteiger partial charge in [-0.2, -0.15) is 5.10 Å². The van der Waals surface area contributed by atoms with Crippen LogP contribution >= 0.6 is 11.6 Å². The van der Waals surface area contributed by atoms with Crippen LogP contribution < -0.4 is 0 Å². The number of benzene rings is 2. The molecule has 0 aliphatic carbocycles. The monoisotopic (exact) mass is 267 g/mol. The minimum atomic E-state index is 0.714. The van der Waals surface area contributed by atoms with E-state index in [1.54, 1.807) is 0 Å². The van der Waals surface area contributed by atoms with Gasteiger partial charge in [-0.3, -0.25) is 5.10 Å². The Morgan fingerprint density at radius 1 is 0.947 bits per heavy atom. The van der Waals surface area contributed by atoms with Crippen LogP contribution in [-0.4, -0.2) is 15.2 Å². The van der Waals surface area contributed by atoms with Crippen molar-refractivity contribution < 1.29 is 0 Å². The number of nitrogens with one attached hydrogen (secondary N) is 2. The third kappa shape index (κ3) is 1.63. The molecule has 0 amide bonds. The van der Waals surface area contributed by atoms with Gasteiger partial charge in [-0.05, 0) is 30.3 Å². The highest BCUT2D eigenvalue weighted by atomic mass is 35.5. The Morgan fingerprint density at radius 3 is 2.74 bits per heavy atom. The second-order valence-electron chi connectivity index (χ2n) is 4.53. The SMILES string of the molecule is Clc1ccc2[nH]nc(-c3cc4ccccc4[nH]3)c2c1. The lowest BCUT2D eigenvalue weighted by atomic mass is 10.1. The number of fused-ring (bicyclic) bond motifs is 2. The molecule has 0 unspecified atom stereocenters. The third-order valence-corrected chi connectivity index (χ3v) is 3.55. The summed E-state index contributed by atoms with van der Waals surface area (Å²) in [6.07, 6.45) is 0. The first kappa shape index (κ1) is 10.6. The fraction of sp³-hybridized carbons (Fsp3) is 0. The number of hydrogen-bond donors (Lipinski definition) is 2. The van der Waals surface area contributed by atoms with Crippen molar-refractivity contribution in [3.63, 3.8) is 0 Å². The topological polar surface area (TPSA) is 44.5 Å². The molecule has 0 saturated carbocycles. The molecule has 2 aromatic heterocycles. The van der Waals surface area contributed by atoms with Crippen molar-refractivity contribution in [1.29, 1.82) is 0 Å². The smallest absolute Gasteiger partial charge is 0.116 e. The number of para-hydroxylation sites is 1. The van der Waals surface area contributed by atoms with E-state index in [4.69, 9.17) is 11.6 Å². The highest BCUT2D eigenvalue weighted by Gasteiger charge is 2.10. The van der Waals surface area contributed by atoms with Gasteiger partial charge in [-0.15, -0.1) is 0 Å². The zero-order valence-electron chi connectivity index (χ0n) is 9.94. The van der Waals surface area contributed by atoms with Crippen LogP contribution in [0.15, 0.2) is 48.5 Å². The van der Waals surface area contributed by atoms with Crippen molar-refractivity contribution in [3.8, 4) is 11.4 Å². The molecule has 4 aromatic rings. The molecule has 92 valence electrons. The lowest BCUT2D eigenvalue weighted by Gasteiger charge is -1.94. The summed E-state index contributed by atoms with van der Waals surface area (Å²) >= 11 is 6.06. The Labute approximate surface area is 114 Å². The van der Waals surface area contributed by atoms with Gasteiger partial charge in [0.15, 0.2) is 0 Å². The molecule has 0 saturated heterocycles. The van der Waals surface area contributed by atoms with Crippen LogP contribution in [0.3, 0.4) is 0 Å². The maximum Gasteiger partial charge on any atom is 0.116 e. The Morgan fingerprint density at radius 2 is 1.84 bits per heavy atom. The van der Waals surface area contributed by atoms with E-state index >= 15 is 0 Å². The molecular weight excluding hydrogens is 258 g/mol. The number of aromatic nitrogens is 3. The summed E-state index contributed by atoms with van der Waals surface area (Å²) in [7, 11) is 0. The fourth-order valence-corrected chi connectivity index (χ4v) is 2.56. The van der Waals surface area contributed by atoms with Gasteiger partial charge >= 0.3 is 0 Å². The minimum Gasteiger partial charge on any atom is -0.353 e. The number of nitrogens with zero attached hydrogens (tertiary/aromatic N) is 1. The Kier molecular flexibility index (Phi) is 2.17. The second-order valence-corrected chi connectivity index (χ2v) is 4.97. The molecule has 0 fully saturated rings. The predicted molar refractivity (Wildman–Crippen MR) is 78.4 cm³/mol. The van der Waals surface area contributed by atoms with E-state index in [0.29, 0.717) is 5.02 Å². The molecular formula is C15H10ClN3. The van der Waals surface area contributed by atoms with E-state index in [1.807, 2.05) is 30.3 Å². The molecule has 0 aliphatic rings. The molecule has 4 heteroatoms. The number of hydrogen-bond acceptors (Lipinski definition) is 1. The van der Waals surface area contributed by atoms with Crippen LogP contribution in [0.4, 0.5) is 0 Å². The van der Waals surface area contributed by atoms with Crippen LogP contribution in [0.1, 0.15) is 0 Å². The normalized spacial score (nSPS) is 11.4. The predicted octanol–water partition coefficient (Wildman–Crippen LogP) is 4.36. The first-order chi connectivity index (χ1) is 9.31. The first-order valence-electron chi connectivity index (χ1n) is 6.03. The molecule has 2 heterocycles. The van der Waals surface area contributed by atoms with Gasteiger partial charge in [0.05, 0.1) is 11.2 Å². The van der Waals surface area contributed by atoms with Gasteiger partial charge < -0.3 is 4.98 Å². The quantitative estimate of drug-likeness (QED) is 0.529. The summed E-state index contributed by atoms with van der Waals surface area (Å²) in [5.41, 5.74) is 3.98. The second kappa shape index (κ2) is 3.87. The molecule has 3 nitrogen and oxygen atoms in total. The summed E-state index contributed by atoms with van der Waals surface area (Å²) in [4.78, 5) is 3.38. The lowest BCUT2D eigenvalue weighted by molar-refractivity contribution is 1.12. The molecule has 4 rings (SSSR count). The van der Waals surface area contributed by atoms with E-state index in [0.717, 1.165) is 27.8 Å². The van der Waals surface area contributed by atoms with Crippen molar-refractivity contribution in [2.75, 3.05) is 0 Å². The van der Waals surface area contributed by atoms with E-state index in [2.05, 4.69) is 33.4 Å². The summed E-state index contributed by atoms with van der Waals surface area (Å²) in [6, 6.07) is 16.0. The van der Waals surface area contributed by atoms with Gasteiger partial charge in [-0.1, -0.05) is 29.8 Å². The van der Waals surface area contributed by atoms with Crippen LogP contribution in [-0.2, 0) is 0 Å². The summed E-state index contributed by atoms with van der Waals surface area (Å²) in [5.74, 6) is 0. The average Bonchev–Trinajstić information content (AvgIpc) is 3.00. The van der Waals surface area contributed by atoms with E-state index in [-0.39, 0.29) is 0 Å². The van der Waals surface area contributed by atoms with Gasteiger partial charge in [0, 0.05) is 21.3 Å². The summed E-state index contributed by atoms with van der Waals surface area (Å²) < 4.78 is 0. The molecule has 0 aliphatic heterocycles. The molecule has 0 spiro atoms. The molecule has 2 N–H and O–H groups in total. The van der Waals surface area contributed by atoms with Crippen LogP contribution in [0.2, 0.25) is 5.02 Å². The van der Waals surface area contributed by atoms with Gasteiger partial charge in [0.1, 0.15) is 5.69 Å². The first-order valence-corrected chi connectivity index (χ1v) is 6.41. The van der Waals surface area contributed by atoms with Gasteiger partial charge in [-0.25, -0.2) is 0 Å². The van der Waals surface area contributed by atoms with Crippen molar-refractivity contribution in [3.05, 3.63) is 53.6 Å². The number of halogens is 1. The Balaban J connectivity index is 2.00. The van der Waals surface area contributed by atoms with Crippen molar-refractivity contribution >= 4 is 33.4 Å². The van der Waals surface area contributed by atoms with Crippen molar-refractivity contribution in [1.82, 2.24) is 15.2 Å².